The average Bonchev–Trinajstić information content (AvgIpc) is 2.40. The highest BCUT2D eigenvalue weighted by Crippen LogP contribution is 2.26. The molecule has 0 heterocycles. The molecule has 112 valence electrons. The zero-order valence-electron chi connectivity index (χ0n) is 13.4. The summed E-state index contributed by atoms with van der Waals surface area (Å²) < 4.78 is 6.16. The maximum absolute atomic E-state index is 6.16. The summed E-state index contributed by atoms with van der Waals surface area (Å²) in [5, 5.41) is 0. The van der Waals surface area contributed by atoms with E-state index in [0.29, 0.717) is 6.61 Å². The zero-order valence-corrected chi connectivity index (χ0v) is 13.4. The summed E-state index contributed by atoms with van der Waals surface area (Å²) in [7, 11) is 0. The first-order chi connectivity index (χ1) is 9.99. The monoisotopic (exact) mass is 283 g/mol. The molecular formula is C19H25NO. The smallest absolute Gasteiger partial charge is 0.125 e. The number of hydrogen-bond donors (Lipinski definition) is 1. The molecule has 1 atom stereocenters. The number of hydrogen-bond acceptors (Lipinski definition) is 2. The van der Waals surface area contributed by atoms with Crippen LogP contribution >= 0.6 is 0 Å². The van der Waals surface area contributed by atoms with Gasteiger partial charge in [-0.05, 0) is 61.9 Å². The van der Waals surface area contributed by atoms with Crippen molar-refractivity contribution in [2.45, 2.75) is 46.8 Å². The van der Waals surface area contributed by atoms with Crippen LogP contribution in [-0.4, -0.2) is 6.04 Å². The first-order valence-electron chi connectivity index (χ1n) is 7.51. The molecule has 2 aromatic carbocycles. The van der Waals surface area contributed by atoms with Crippen LogP contribution in [0.5, 0.6) is 5.75 Å². The number of benzene rings is 2. The molecule has 0 saturated heterocycles. The van der Waals surface area contributed by atoms with Crippen molar-refractivity contribution >= 4 is 0 Å². The Bertz CT molecular complexity index is 597. The third kappa shape index (κ3) is 3.85. The second-order valence-electron chi connectivity index (χ2n) is 5.90. The molecule has 2 N–H and O–H groups in total. The van der Waals surface area contributed by atoms with Gasteiger partial charge in [0.1, 0.15) is 12.4 Å². The minimum atomic E-state index is 0.134. The summed E-state index contributed by atoms with van der Waals surface area (Å²) in [5.41, 5.74) is 12.1. The summed E-state index contributed by atoms with van der Waals surface area (Å²) in [6, 6.07) is 12.7. The van der Waals surface area contributed by atoms with Crippen molar-refractivity contribution in [1.29, 1.82) is 0 Å². The molecular weight excluding hydrogens is 258 g/mol. The molecule has 2 rings (SSSR count). The number of aryl methyl sites for hydroxylation is 3. The SMILES string of the molecule is Cc1cccc(C)c1COc1c(C)cccc1CC(C)N. The number of para-hydroxylation sites is 1. The highest BCUT2D eigenvalue weighted by Gasteiger charge is 2.10. The lowest BCUT2D eigenvalue weighted by Crippen LogP contribution is -2.18. The summed E-state index contributed by atoms with van der Waals surface area (Å²) in [6.07, 6.45) is 0.837. The molecule has 0 aliphatic heterocycles. The summed E-state index contributed by atoms with van der Waals surface area (Å²) in [5.74, 6) is 0.984. The highest BCUT2D eigenvalue weighted by atomic mass is 16.5. The van der Waals surface area contributed by atoms with Gasteiger partial charge in [-0.25, -0.2) is 0 Å². The Balaban J connectivity index is 2.24. The molecule has 2 nitrogen and oxygen atoms in total. The molecule has 0 aromatic heterocycles. The molecule has 0 bridgehead atoms. The summed E-state index contributed by atoms with van der Waals surface area (Å²) >= 11 is 0. The molecule has 2 aromatic rings. The number of nitrogens with two attached hydrogens (primary N) is 1. The van der Waals surface area contributed by atoms with E-state index in [9.17, 15) is 0 Å². The van der Waals surface area contributed by atoms with Crippen LogP contribution in [-0.2, 0) is 13.0 Å². The van der Waals surface area contributed by atoms with Crippen molar-refractivity contribution in [2.75, 3.05) is 0 Å². The molecule has 0 amide bonds. The molecule has 0 fully saturated rings. The average molecular weight is 283 g/mol. The van der Waals surface area contributed by atoms with Gasteiger partial charge < -0.3 is 10.5 Å². The molecule has 2 heteroatoms. The van der Waals surface area contributed by atoms with Gasteiger partial charge in [-0.15, -0.1) is 0 Å². The number of ether oxygens (including phenoxy) is 1. The normalized spacial score (nSPS) is 12.2. The maximum atomic E-state index is 6.16. The van der Waals surface area contributed by atoms with Crippen LogP contribution in [0.1, 0.15) is 34.7 Å². The van der Waals surface area contributed by atoms with Gasteiger partial charge in [-0.2, -0.15) is 0 Å². The van der Waals surface area contributed by atoms with Crippen LogP contribution < -0.4 is 10.5 Å². The number of rotatable bonds is 5. The lowest BCUT2D eigenvalue weighted by molar-refractivity contribution is 0.298. The first kappa shape index (κ1) is 15.6. The maximum Gasteiger partial charge on any atom is 0.125 e. The summed E-state index contributed by atoms with van der Waals surface area (Å²) in [6.45, 7) is 8.98. The fraction of sp³-hybridized carbons (Fsp3) is 0.368. The Kier molecular flexibility index (Phi) is 5.03. The Morgan fingerprint density at radius 3 is 2.14 bits per heavy atom. The van der Waals surface area contributed by atoms with E-state index in [1.54, 1.807) is 0 Å². The van der Waals surface area contributed by atoms with Crippen LogP contribution in [0.2, 0.25) is 0 Å². The molecule has 21 heavy (non-hydrogen) atoms. The largest absolute Gasteiger partial charge is 0.488 e. The fourth-order valence-electron chi connectivity index (χ4n) is 2.65. The van der Waals surface area contributed by atoms with Crippen LogP contribution in [0.15, 0.2) is 36.4 Å². The van der Waals surface area contributed by atoms with E-state index >= 15 is 0 Å². The van der Waals surface area contributed by atoms with E-state index in [2.05, 4.69) is 57.2 Å². The predicted molar refractivity (Wildman–Crippen MR) is 88.8 cm³/mol. The van der Waals surface area contributed by atoms with Gasteiger partial charge in [-0.3, -0.25) is 0 Å². The van der Waals surface area contributed by atoms with Crippen molar-refractivity contribution in [1.82, 2.24) is 0 Å². The Hall–Kier alpha value is -1.80. The van der Waals surface area contributed by atoms with Gasteiger partial charge in [0.15, 0.2) is 0 Å². The van der Waals surface area contributed by atoms with Crippen LogP contribution in [0.4, 0.5) is 0 Å². The highest BCUT2D eigenvalue weighted by molar-refractivity contribution is 5.42. The van der Waals surface area contributed by atoms with Crippen LogP contribution in [0.25, 0.3) is 0 Å². The van der Waals surface area contributed by atoms with E-state index in [-0.39, 0.29) is 6.04 Å². The second-order valence-corrected chi connectivity index (χ2v) is 5.90. The van der Waals surface area contributed by atoms with E-state index in [4.69, 9.17) is 10.5 Å². The second kappa shape index (κ2) is 6.77. The van der Waals surface area contributed by atoms with Crippen molar-refractivity contribution in [2.24, 2.45) is 5.73 Å². The van der Waals surface area contributed by atoms with Crippen molar-refractivity contribution in [3.8, 4) is 5.75 Å². The molecule has 0 radical (unpaired) electrons. The minimum Gasteiger partial charge on any atom is -0.488 e. The lowest BCUT2D eigenvalue weighted by Gasteiger charge is -2.17. The molecule has 0 spiro atoms. The van der Waals surface area contributed by atoms with Crippen molar-refractivity contribution < 1.29 is 4.74 Å². The summed E-state index contributed by atoms with van der Waals surface area (Å²) in [4.78, 5) is 0. The van der Waals surface area contributed by atoms with Gasteiger partial charge in [0.2, 0.25) is 0 Å². The first-order valence-corrected chi connectivity index (χ1v) is 7.51. The zero-order chi connectivity index (χ0) is 15.4. The van der Waals surface area contributed by atoms with Gasteiger partial charge in [0, 0.05) is 6.04 Å². The lowest BCUT2D eigenvalue weighted by atomic mass is 10.0. The minimum absolute atomic E-state index is 0.134. The molecule has 0 aliphatic carbocycles. The predicted octanol–water partition coefficient (Wildman–Crippen LogP) is 4.08. The molecule has 1 unspecified atom stereocenters. The van der Waals surface area contributed by atoms with Gasteiger partial charge in [0.25, 0.3) is 0 Å². The molecule has 0 aliphatic rings. The van der Waals surface area contributed by atoms with Gasteiger partial charge in [-0.1, -0.05) is 36.4 Å². The van der Waals surface area contributed by atoms with Gasteiger partial charge in [0.05, 0.1) is 0 Å². The standard InChI is InChI=1S/C19H25NO/c1-13-7-5-8-14(2)18(13)12-21-19-15(3)9-6-10-17(19)11-16(4)20/h5-10,16H,11-12,20H2,1-4H3. The van der Waals surface area contributed by atoms with Gasteiger partial charge >= 0.3 is 0 Å². The van der Waals surface area contributed by atoms with E-state index in [0.717, 1.165) is 12.2 Å². The third-order valence-electron chi connectivity index (χ3n) is 3.84. The quantitative estimate of drug-likeness (QED) is 0.897. The fourth-order valence-corrected chi connectivity index (χ4v) is 2.65. The Morgan fingerprint density at radius 2 is 1.52 bits per heavy atom. The van der Waals surface area contributed by atoms with Crippen molar-refractivity contribution in [3.63, 3.8) is 0 Å². The topological polar surface area (TPSA) is 35.2 Å². The Morgan fingerprint density at radius 1 is 0.952 bits per heavy atom. The Labute approximate surface area is 127 Å². The van der Waals surface area contributed by atoms with E-state index in [1.165, 1.54) is 27.8 Å². The van der Waals surface area contributed by atoms with E-state index in [1.807, 2.05) is 6.92 Å². The third-order valence-corrected chi connectivity index (χ3v) is 3.84. The molecule has 0 saturated carbocycles. The van der Waals surface area contributed by atoms with Crippen LogP contribution in [0.3, 0.4) is 0 Å². The van der Waals surface area contributed by atoms with E-state index < -0.39 is 0 Å². The van der Waals surface area contributed by atoms with Crippen LogP contribution in [0, 0.1) is 20.8 Å². The van der Waals surface area contributed by atoms with Crippen molar-refractivity contribution in [3.05, 3.63) is 64.2 Å².